The van der Waals surface area contributed by atoms with Crippen molar-refractivity contribution in [3.8, 4) is 6.07 Å². The summed E-state index contributed by atoms with van der Waals surface area (Å²) < 4.78 is 7.36. The first kappa shape index (κ1) is 19.0. The third-order valence-corrected chi connectivity index (χ3v) is 5.37. The number of thiophene rings is 1. The van der Waals surface area contributed by atoms with Crippen LogP contribution in [0.5, 0.6) is 0 Å². The predicted octanol–water partition coefficient (Wildman–Crippen LogP) is 3.75. The lowest BCUT2D eigenvalue weighted by Crippen LogP contribution is -2.30. The van der Waals surface area contributed by atoms with Crippen molar-refractivity contribution in [1.82, 2.24) is 9.47 Å². The van der Waals surface area contributed by atoms with E-state index in [2.05, 4.69) is 11.4 Å². The fourth-order valence-electron chi connectivity index (χ4n) is 3.03. The van der Waals surface area contributed by atoms with Crippen LogP contribution in [0, 0.1) is 25.2 Å². The summed E-state index contributed by atoms with van der Waals surface area (Å²) in [6.45, 7) is 5.25. The zero-order valence-corrected chi connectivity index (χ0v) is 16.5. The lowest BCUT2D eigenvalue weighted by atomic mass is 10.2. The van der Waals surface area contributed by atoms with Gasteiger partial charge in [-0.1, -0.05) is 6.07 Å². The maximum Gasteiger partial charge on any atom is 0.239 e. The number of furan rings is 1. The summed E-state index contributed by atoms with van der Waals surface area (Å²) in [6.07, 6.45) is 1.62. The summed E-state index contributed by atoms with van der Waals surface area (Å²) in [5.41, 5.74) is 2.30. The smallest absolute Gasteiger partial charge is 0.239 e. The summed E-state index contributed by atoms with van der Waals surface area (Å²) >= 11 is 1.67. The molecule has 0 atom stereocenters. The largest absolute Gasteiger partial charge is 0.467 e. The lowest BCUT2D eigenvalue weighted by molar-refractivity contribution is -0.117. The minimum Gasteiger partial charge on any atom is -0.467 e. The third kappa shape index (κ3) is 4.30. The highest BCUT2D eigenvalue weighted by Gasteiger charge is 2.20. The van der Waals surface area contributed by atoms with Crippen molar-refractivity contribution in [2.24, 2.45) is 0 Å². The highest BCUT2D eigenvalue weighted by molar-refractivity contribution is 7.09. The Hall–Kier alpha value is -2.82. The maximum absolute atomic E-state index is 12.6. The van der Waals surface area contributed by atoms with E-state index < -0.39 is 0 Å². The van der Waals surface area contributed by atoms with Gasteiger partial charge < -0.3 is 14.3 Å². The number of carbonyl (C=O) groups is 1. The minimum atomic E-state index is -0.149. The van der Waals surface area contributed by atoms with Crippen LogP contribution in [0.1, 0.15) is 27.5 Å². The van der Waals surface area contributed by atoms with Crippen LogP contribution in [0.4, 0.5) is 5.82 Å². The zero-order valence-electron chi connectivity index (χ0n) is 15.7. The molecule has 0 saturated carbocycles. The Kier molecular flexibility index (Phi) is 5.79. The molecule has 27 heavy (non-hydrogen) atoms. The molecule has 3 aromatic rings. The van der Waals surface area contributed by atoms with E-state index in [-0.39, 0.29) is 12.5 Å². The van der Waals surface area contributed by atoms with E-state index in [1.165, 1.54) is 4.88 Å². The number of nitrogens with one attached hydrogen (secondary N) is 1. The van der Waals surface area contributed by atoms with Crippen LogP contribution in [0.15, 0.2) is 40.3 Å². The fourth-order valence-corrected chi connectivity index (χ4v) is 3.81. The molecule has 0 radical (unpaired) electrons. The van der Waals surface area contributed by atoms with E-state index in [1.807, 2.05) is 60.0 Å². The van der Waals surface area contributed by atoms with Crippen LogP contribution in [0.25, 0.3) is 0 Å². The number of likely N-dealkylation sites (N-methyl/N-ethyl adjacent to an activating group) is 1. The number of rotatable bonds is 7. The molecule has 0 fully saturated rings. The van der Waals surface area contributed by atoms with Gasteiger partial charge in [0.25, 0.3) is 0 Å². The molecule has 0 aliphatic carbocycles. The second kappa shape index (κ2) is 8.25. The van der Waals surface area contributed by atoms with Crippen LogP contribution < -0.4 is 5.32 Å². The van der Waals surface area contributed by atoms with Crippen molar-refractivity contribution in [2.45, 2.75) is 26.9 Å². The van der Waals surface area contributed by atoms with Crippen molar-refractivity contribution in [3.63, 3.8) is 0 Å². The summed E-state index contributed by atoms with van der Waals surface area (Å²) in [5.74, 6) is 1.14. The quantitative estimate of drug-likeness (QED) is 0.675. The van der Waals surface area contributed by atoms with Gasteiger partial charge >= 0.3 is 0 Å². The van der Waals surface area contributed by atoms with E-state index in [0.717, 1.165) is 17.0 Å². The molecule has 0 unspecified atom stereocenters. The van der Waals surface area contributed by atoms with Gasteiger partial charge in [0.2, 0.25) is 5.91 Å². The van der Waals surface area contributed by atoms with Gasteiger partial charge in [-0.15, -0.1) is 11.3 Å². The molecule has 7 heteroatoms. The zero-order chi connectivity index (χ0) is 19.4. The van der Waals surface area contributed by atoms with Gasteiger partial charge in [-0.2, -0.15) is 5.26 Å². The molecule has 140 valence electrons. The lowest BCUT2D eigenvalue weighted by Gasteiger charge is -2.17. The number of anilines is 1. The molecule has 6 nitrogen and oxygen atoms in total. The number of hydrogen-bond donors (Lipinski definition) is 1. The molecule has 1 amide bonds. The Labute approximate surface area is 162 Å². The average Bonchev–Trinajstić information content (AvgIpc) is 3.35. The van der Waals surface area contributed by atoms with E-state index in [1.54, 1.807) is 17.6 Å². The molecule has 0 spiro atoms. The van der Waals surface area contributed by atoms with Crippen LogP contribution in [0.3, 0.4) is 0 Å². The number of nitrogens with zero attached hydrogens (tertiary/aromatic N) is 3. The average molecular weight is 382 g/mol. The molecule has 0 aliphatic heterocycles. The second-order valence-corrected chi connectivity index (χ2v) is 7.54. The van der Waals surface area contributed by atoms with Crippen LogP contribution in [0.2, 0.25) is 0 Å². The number of amides is 1. The molecule has 0 aromatic carbocycles. The summed E-state index contributed by atoms with van der Waals surface area (Å²) in [4.78, 5) is 15.8. The summed E-state index contributed by atoms with van der Waals surface area (Å²) in [7, 11) is 1.91. The monoisotopic (exact) mass is 382 g/mol. The van der Waals surface area contributed by atoms with Gasteiger partial charge in [0.15, 0.2) is 0 Å². The first-order chi connectivity index (χ1) is 13.0. The third-order valence-electron chi connectivity index (χ3n) is 4.51. The molecule has 3 rings (SSSR count). The van der Waals surface area contributed by atoms with Crippen LogP contribution >= 0.6 is 11.3 Å². The Bertz CT molecular complexity index is 949. The highest BCUT2D eigenvalue weighted by atomic mass is 32.1. The first-order valence-electron chi connectivity index (χ1n) is 8.62. The van der Waals surface area contributed by atoms with E-state index in [9.17, 15) is 10.1 Å². The molecule has 3 aromatic heterocycles. The second-order valence-electron chi connectivity index (χ2n) is 6.51. The van der Waals surface area contributed by atoms with E-state index >= 15 is 0 Å². The first-order valence-corrected chi connectivity index (χ1v) is 9.50. The number of hydrogen-bond acceptors (Lipinski definition) is 5. The number of aromatic nitrogens is 1. The number of nitriles is 1. The van der Waals surface area contributed by atoms with Crippen LogP contribution in [-0.2, 0) is 17.9 Å². The summed E-state index contributed by atoms with van der Waals surface area (Å²) in [5, 5.41) is 14.5. The van der Waals surface area contributed by atoms with Gasteiger partial charge in [-0.3, -0.25) is 9.69 Å². The molecular formula is C20H22N4O2S. The Morgan fingerprint density at radius 1 is 1.37 bits per heavy atom. The SMILES string of the molecule is Cc1c(C#N)c(NC(=O)CN(C)Cc2cccs2)n(Cc2ccco2)c1C. The van der Waals surface area contributed by atoms with E-state index in [4.69, 9.17) is 4.42 Å². The standard InChI is InChI=1S/C20H22N4O2S/c1-14-15(2)24(11-16-6-4-8-26-16)20(18(14)10-21)22-19(25)13-23(3)12-17-7-5-9-27-17/h4-9H,11-13H2,1-3H3,(H,22,25). The molecule has 1 N–H and O–H groups in total. The predicted molar refractivity (Wildman–Crippen MR) is 106 cm³/mol. The molecule has 0 bridgehead atoms. The van der Waals surface area contributed by atoms with Gasteiger partial charge in [0.1, 0.15) is 17.6 Å². The van der Waals surface area contributed by atoms with Crippen molar-refractivity contribution in [1.29, 1.82) is 5.26 Å². The fraction of sp³-hybridized carbons (Fsp3) is 0.300. The van der Waals surface area contributed by atoms with Crippen molar-refractivity contribution >= 4 is 23.1 Å². The number of carbonyl (C=O) groups excluding carboxylic acids is 1. The Morgan fingerprint density at radius 3 is 2.81 bits per heavy atom. The van der Waals surface area contributed by atoms with E-state index in [0.29, 0.717) is 24.5 Å². The minimum absolute atomic E-state index is 0.149. The van der Waals surface area contributed by atoms with Crippen molar-refractivity contribution in [2.75, 3.05) is 18.9 Å². The normalized spacial score (nSPS) is 10.9. The van der Waals surface area contributed by atoms with Gasteiger partial charge in [-0.05, 0) is 50.0 Å². The maximum atomic E-state index is 12.6. The molecule has 0 saturated heterocycles. The van der Waals surface area contributed by atoms with Gasteiger partial charge in [-0.25, -0.2) is 0 Å². The Morgan fingerprint density at radius 2 is 2.19 bits per heavy atom. The van der Waals surface area contributed by atoms with Crippen molar-refractivity contribution < 1.29 is 9.21 Å². The Balaban J connectivity index is 1.77. The molecule has 3 heterocycles. The highest BCUT2D eigenvalue weighted by Crippen LogP contribution is 2.27. The van der Waals surface area contributed by atoms with Crippen molar-refractivity contribution in [3.05, 3.63) is 63.4 Å². The van der Waals surface area contributed by atoms with Gasteiger partial charge in [0, 0.05) is 17.1 Å². The van der Waals surface area contributed by atoms with Crippen LogP contribution in [-0.4, -0.2) is 29.0 Å². The van der Waals surface area contributed by atoms with Gasteiger partial charge in [0.05, 0.1) is 24.9 Å². The summed E-state index contributed by atoms with van der Waals surface area (Å²) in [6, 6.07) is 9.97. The molecule has 0 aliphatic rings. The molecular weight excluding hydrogens is 360 g/mol. The topological polar surface area (TPSA) is 74.2 Å².